The number of nitrogens with zero attached hydrogens (tertiary/aromatic N) is 1. The number of methoxy groups -OCH3 is 1. The molecule has 1 N–H and O–H groups in total. The standard InChI is InChI=1S/C29H25NO4/c1-34-18-8-17-30-26(23-15-6-11-19-9-2-4-13-21(19)23)25(28(32)29(30)33)27(31)24-16-7-12-20-10-3-5-14-22(20)24/h2-7,9-16,26,31H,8,17-18H2,1H3/b27-25+. The number of carbonyl (C=O) groups excluding carboxylic acids is 2. The fourth-order valence-electron chi connectivity index (χ4n) is 4.88. The number of likely N-dealkylation sites (tertiary alicyclic amines) is 1. The second-order valence-corrected chi connectivity index (χ2v) is 8.43. The summed E-state index contributed by atoms with van der Waals surface area (Å²) in [5.74, 6) is -1.42. The summed E-state index contributed by atoms with van der Waals surface area (Å²) >= 11 is 0. The van der Waals surface area contributed by atoms with Crippen molar-refractivity contribution in [3.05, 3.63) is 102 Å². The minimum Gasteiger partial charge on any atom is -0.507 e. The average Bonchev–Trinajstić information content (AvgIpc) is 3.12. The third kappa shape index (κ3) is 3.64. The minimum atomic E-state index is -0.693. The van der Waals surface area contributed by atoms with E-state index < -0.39 is 17.7 Å². The lowest BCUT2D eigenvalue weighted by Gasteiger charge is -2.26. The van der Waals surface area contributed by atoms with Crippen LogP contribution in [0.1, 0.15) is 23.6 Å². The number of ketones is 1. The van der Waals surface area contributed by atoms with E-state index in [1.165, 1.54) is 0 Å². The molecule has 1 atom stereocenters. The molecule has 0 aromatic heterocycles. The van der Waals surface area contributed by atoms with Gasteiger partial charge in [-0.15, -0.1) is 0 Å². The van der Waals surface area contributed by atoms with Gasteiger partial charge in [-0.1, -0.05) is 84.9 Å². The molecule has 5 nitrogen and oxygen atoms in total. The molecule has 0 aliphatic carbocycles. The number of Topliss-reactive ketones (excluding diaryl/α,β-unsaturated/α-hetero) is 1. The molecule has 1 unspecified atom stereocenters. The van der Waals surface area contributed by atoms with Crippen LogP contribution in [0.2, 0.25) is 0 Å². The number of aliphatic hydroxyl groups is 1. The van der Waals surface area contributed by atoms with Gasteiger partial charge in [-0.05, 0) is 33.5 Å². The van der Waals surface area contributed by atoms with Crippen LogP contribution in [0, 0.1) is 0 Å². The van der Waals surface area contributed by atoms with E-state index in [2.05, 4.69) is 0 Å². The Morgan fingerprint density at radius 2 is 1.47 bits per heavy atom. The zero-order chi connectivity index (χ0) is 23.7. The third-order valence-corrected chi connectivity index (χ3v) is 6.45. The van der Waals surface area contributed by atoms with Crippen molar-refractivity contribution in [3.8, 4) is 0 Å². The van der Waals surface area contributed by atoms with E-state index in [4.69, 9.17) is 4.74 Å². The van der Waals surface area contributed by atoms with Crippen molar-refractivity contribution in [2.45, 2.75) is 12.5 Å². The smallest absolute Gasteiger partial charge is 0.295 e. The quantitative estimate of drug-likeness (QED) is 0.183. The van der Waals surface area contributed by atoms with Crippen molar-refractivity contribution in [2.75, 3.05) is 20.3 Å². The van der Waals surface area contributed by atoms with E-state index in [0.29, 0.717) is 25.1 Å². The van der Waals surface area contributed by atoms with Crippen LogP contribution in [-0.4, -0.2) is 42.0 Å². The lowest BCUT2D eigenvalue weighted by Crippen LogP contribution is -2.31. The molecule has 1 saturated heterocycles. The molecule has 1 amide bonds. The third-order valence-electron chi connectivity index (χ3n) is 6.45. The molecule has 0 radical (unpaired) electrons. The molecule has 34 heavy (non-hydrogen) atoms. The van der Waals surface area contributed by atoms with E-state index in [0.717, 1.165) is 27.1 Å². The Balaban J connectivity index is 1.75. The first-order valence-electron chi connectivity index (χ1n) is 11.3. The molecular weight excluding hydrogens is 426 g/mol. The van der Waals surface area contributed by atoms with Gasteiger partial charge in [0.2, 0.25) is 0 Å². The highest BCUT2D eigenvalue weighted by molar-refractivity contribution is 6.46. The summed E-state index contributed by atoms with van der Waals surface area (Å²) in [6.07, 6.45) is 0.582. The molecule has 4 aromatic carbocycles. The normalized spacial score (nSPS) is 17.7. The van der Waals surface area contributed by atoms with Crippen LogP contribution in [0.3, 0.4) is 0 Å². The molecule has 1 fully saturated rings. The molecular formula is C29H25NO4. The van der Waals surface area contributed by atoms with Crippen LogP contribution >= 0.6 is 0 Å². The van der Waals surface area contributed by atoms with E-state index in [1.807, 2.05) is 78.9 Å². The highest BCUT2D eigenvalue weighted by atomic mass is 16.5. The molecule has 4 aromatic rings. The average molecular weight is 452 g/mol. The number of benzene rings is 4. The van der Waals surface area contributed by atoms with Gasteiger partial charge in [-0.3, -0.25) is 9.59 Å². The summed E-state index contributed by atoms with van der Waals surface area (Å²) in [6.45, 7) is 0.813. The number of rotatable bonds is 6. The molecule has 170 valence electrons. The number of hydrogen-bond donors (Lipinski definition) is 1. The van der Waals surface area contributed by atoms with Crippen molar-refractivity contribution in [1.29, 1.82) is 0 Å². The van der Waals surface area contributed by atoms with E-state index in [-0.39, 0.29) is 11.3 Å². The van der Waals surface area contributed by atoms with Crippen LogP contribution in [0.15, 0.2) is 90.5 Å². The van der Waals surface area contributed by atoms with Gasteiger partial charge in [-0.25, -0.2) is 0 Å². The predicted octanol–water partition coefficient (Wildman–Crippen LogP) is 5.45. The Bertz CT molecular complexity index is 1430. The molecule has 0 spiro atoms. The first-order chi connectivity index (χ1) is 16.6. The van der Waals surface area contributed by atoms with Gasteiger partial charge < -0.3 is 14.7 Å². The zero-order valence-electron chi connectivity index (χ0n) is 18.9. The molecule has 0 bridgehead atoms. The van der Waals surface area contributed by atoms with Crippen molar-refractivity contribution in [2.24, 2.45) is 0 Å². The monoisotopic (exact) mass is 451 g/mol. The first-order valence-corrected chi connectivity index (χ1v) is 11.3. The second-order valence-electron chi connectivity index (χ2n) is 8.43. The number of aliphatic hydroxyl groups excluding tert-OH is 1. The predicted molar refractivity (Wildman–Crippen MR) is 133 cm³/mol. The fraction of sp³-hybridized carbons (Fsp3) is 0.172. The van der Waals surface area contributed by atoms with E-state index in [1.54, 1.807) is 18.1 Å². The summed E-state index contributed by atoms with van der Waals surface area (Å²) in [6, 6.07) is 26.3. The van der Waals surface area contributed by atoms with Gasteiger partial charge in [0, 0.05) is 25.8 Å². The number of ether oxygens (including phenoxy) is 1. The van der Waals surface area contributed by atoms with Gasteiger partial charge in [0.15, 0.2) is 0 Å². The lowest BCUT2D eigenvalue weighted by atomic mass is 9.90. The highest BCUT2D eigenvalue weighted by Gasteiger charge is 2.46. The largest absolute Gasteiger partial charge is 0.507 e. The Labute approximate surface area is 197 Å². The summed E-state index contributed by atoms with van der Waals surface area (Å²) in [5, 5.41) is 15.3. The molecule has 0 saturated carbocycles. The number of fused-ring (bicyclic) bond motifs is 2. The van der Waals surface area contributed by atoms with Gasteiger partial charge in [0.1, 0.15) is 5.76 Å². The SMILES string of the molecule is COCCCN1C(=O)C(=O)/C(=C(/O)c2cccc3ccccc23)C1c1cccc2ccccc12. The van der Waals surface area contributed by atoms with Crippen LogP contribution < -0.4 is 0 Å². The first kappa shape index (κ1) is 21.9. The van der Waals surface area contributed by atoms with Crippen LogP contribution in [-0.2, 0) is 14.3 Å². The fourth-order valence-corrected chi connectivity index (χ4v) is 4.88. The van der Waals surface area contributed by atoms with Gasteiger partial charge in [-0.2, -0.15) is 0 Å². The van der Waals surface area contributed by atoms with Crippen molar-refractivity contribution >= 4 is 39.0 Å². The molecule has 1 heterocycles. The van der Waals surface area contributed by atoms with Gasteiger partial charge in [0.25, 0.3) is 11.7 Å². The molecule has 1 aliphatic rings. The maximum Gasteiger partial charge on any atom is 0.295 e. The van der Waals surface area contributed by atoms with E-state index >= 15 is 0 Å². The summed E-state index contributed by atoms with van der Waals surface area (Å²) < 4.78 is 5.18. The van der Waals surface area contributed by atoms with Gasteiger partial charge >= 0.3 is 0 Å². The number of amides is 1. The van der Waals surface area contributed by atoms with Crippen molar-refractivity contribution in [3.63, 3.8) is 0 Å². The van der Waals surface area contributed by atoms with E-state index in [9.17, 15) is 14.7 Å². The molecule has 1 aliphatic heterocycles. The maximum atomic E-state index is 13.4. The Morgan fingerprint density at radius 1 is 0.853 bits per heavy atom. The lowest BCUT2D eigenvalue weighted by molar-refractivity contribution is -0.140. The highest BCUT2D eigenvalue weighted by Crippen LogP contribution is 2.42. The van der Waals surface area contributed by atoms with Gasteiger partial charge in [0.05, 0.1) is 11.6 Å². The van der Waals surface area contributed by atoms with Crippen LogP contribution in [0.4, 0.5) is 0 Å². The minimum absolute atomic E-state index is 0.120. The maximum absolute atomic E-state index is 13.4. The Kier molecular flexibility index (Phi) is 5.86. The van der Waals surface area contributed by atoms with Crippen LogP contribution in [0.25, 0.3) is 27.3 Å². The molecule has 5 rings (SSSR count). The van der Waals surface area contributed by atoms with Crippen molar-refractivity contribution in [1.82, 2.24) is 4.90 Å². The number of hydrogen-bond acceptors (Lipinski definition) is 4. The number of carbonyl (C=O) groups is 2. The summed E-state index contributed by atoms with van der Waals surface area (Å²) in [5.41, 5.74) is 1.48. The Morgan fingerprint density at radius 3 is 2.21 bits per heavy atom. The topological polar surface area (TPSA) is 66.8 Å². The van der Waals surface area contributed by atoms with Crippen molar-refractivity contribution < 1.29 is 19.4 Å². The van der Waals surface area contributed by atoms with Crippen LogP contribution in [0.5, 0.6) is 0 Å². The second kappa shape index (κ2) is 9.12. The Hall–Kier alpha value is -3.96. The molecule has 5 heteroatoms. The summed E-state index contributed by atoms with van der Waals surface area (Å²) in [4.78, 5) is 28.2. The summed E-state index contributed by atoms with van der Waals surface area (Å²) in [7, 11) is 1.61. The zero-order valence-corrected chi connectivity index (χ0v) is 18.9.